The molecule has 0 spiro atoms. The summed E-state index contributed by atoms with van der Waals surface area (Å²) in [5, 5.41) is 2.07. The first-order chi connectivity index (χ1) is 12.1. The maximum atomic E-state index is 5.41. The molecule has 1 aromatic heterocycles. The summed E-state index contributed by atoms with van der Waals surface area (Å²) in [6.45, 7) is 1.98. The third kappa shape index (κ3) is 3.05. The Bertz CT molecular complexity index is 921. The minimum absolute atomic E-state index is 0.673. The van der Waals surface area contributed by atoms with Crippen molar-refractivity contribution in [3.63, 3.8) is 0 Å². The Morgan fingerprint density at radius 3 is 1.92 bits per heavy atom. The lowest BCUT2D eigenvalue weighted by Crippen LogP contribution is -1.95. The molecule has 0 radical (unpaired) electrons. The molecule has 3 aromatic rings. The van der Waals surface area contributed by atoms with Crippen LogP contribution in [0.3, 0.4) is 0 Å². The summed E-state index contributed by atoms with van der Waals surface area (Å²) in [5.41, 5.74) is 2.74. The molecular weight excluding hydrogens is 318 g/mol. The number of aromatic nitrogens is 1. The molecule has 0 unspecified atom stereocenters. The molecule has 0 saturated carbocycles. The van der Waals surface area contributed by atoms with Crippen LogP contribution in [0, 0.1) is 6.92 Å². The van der Waals surface area contributed by atoms with Gasteiger partial charge in [0.1, 0.15) is 0 Å². The molecule has 0 aliphatic heterocycles. The molecular formula is C20H21NO4. The number of methoxy groups -OCH3 is 4. The summed E-state index contributed by atoms with van der Waals surface area (Å²) in [7, 11) is 6.50. The van der Waals surface area contributed by atoms with E-state index in [0.717, 1.165) is 27.7 Å². The van der Waals surface area contributed by atoms with Crippen LogP contribution in [-0.4, -0.2) is 33.4 Å². The fourth-order valence-corrected chi connectivity index (χ4v) is 2.89. The fraction of sp³-hybridized carbons (Fsp3) is 0.250. The SMILES string of the molecule is COc1ccc(-c2cc3cc(OC)c(OC)cc3c(C)n2)cc1OC. The van der Waals surface area contributed by atoms with Gasteiger partial charge in [-0.1, -0.05) is 0 Å². The number of nitrogens with zero attached hydrogens (tertiary/aromatic N) is 1. The minimum Gasteiger partial charge on any atom is -0.493 e. The van der Waals surface area contributed by atoms with E-state index < -0.39 is 0 Å². The summed E-state index contributed by atoms with van der Waals surface area (Å²) in [6.07, 6.45) is 0. The van der Waals surface area contributed by atoms with E-state index in [1.807, 2.05) is 43.3 Å². The van der Waals surface area contributed by atoms with Crippen LogP contribution in [0.2, 0.25) is 0 Å². The minimum atomic E-state index is 0.673. The van der Waals surface area contributed by atoms with E-state index in [9.17, 15) is 0 Å². The lowest BCUT2D eigenvalue weighted by Gasteiger charge is -2.13. The van der Waals surface area contributed by atoms with Gasteiger partial charge in [0.05, 0.1) is 34.1 Å². The zero-order chi connectivity index (χ0) is 18.0. The van der Waals surface area contributed by atoms with Crippen molar-refractivity contribution in [3.8, 4) is 34.3 Å². The quantitative estimate of drug-likeness (QED) is 0.696. The third-order valence-corrected chi connectivity index (χ3v) is 4.21. The van der Waals surface area contributed by atoms with E-state index >= 15 is 0 Å². The highest BCUT2D eigenvalue weighted by Gasteiger charge is 2.12. The van der Waals surface area contributed by atoms with Gasteiger partial charge in [-0.25, -0.2) is 0 Å². The van der Waals surface area contributed by atoms with Gasteiger partial charge >= 0.3 is 0 Å². The smallest absolute Gasteiger partial charge is 0.161 e. The number of pyridine rings is 1. The number of ether oxygens (including phenoxy) is 4. The van der Waals surface area contributed by atoms with Gasteiger partial charge in [0.2, 0.25) is 0 Å². The van der Waals surface area contributed by atoms with Crippen LogP contribution in [0.25, 0.3) is 22.0 Å². The zero-order valence-corrected chi connectivity index (χ0v) is 15.0. The van der Waals surface area contributed by atoms with Gasteiger partial charge in [0.15, 0.2) is 23.0 Å². The maximum absolute atomic E-state index is 5.41. The van der Waals surface area contributed by atoms with Crippen molar-refractivity contribution in [2.75, 3.05) is 28.4 Å². The summed E-state index contributed by atoms with van der Waals surface area (Å²) in [6, 6.07) is 11.7. The molecule has 130 valence electrons. The Morgan fingerprint density at radius 1 is 0.680 bits per heavy atom. The summed E-state index contributed by atoms with van der Waals surface area (Å²) >= 11 is 0. The van der Waals surface area contributed by atoms with Gasteiger partial charge in [-0.05, 0) is 48.7 Å². The van der Waals surface area contributed by atoms with Gasteiger partial charge < -0.3 is 18.9 Å². The molecule has 0 fully saturated rings. The van der Waals surface area contributed by atoms with Gasteiger partial charge in [0.25, 0.3) is 0 Å². The van der Waals surface area contributed by atoms with Crippen molar-refractivity contribution < 1.29 is 18.9 Å². The summed E-state index contributed by atoms with van der Waals surface area (Å²) in [4.78, 5) is 4.74. The molecule has 0 amide bonds. The fourth-order valence-electron chi connectivity index (χ4n) is 2.89. The molecule has 25 heavy (non-hydrogen) atoms. The predicted octanol–water partition coefficient (Wildman–Crippen LogP) is 4.24. The Labute approximate surface area is 147 Å². The Morgan fingerprint density at radius 2 is 1.28 bits per heavy atom. The van der Waals surface area contributed by atoms with Crippen molar-refractivity contribution in [2.45, 2.75) is 6.92 Å². The van der Waals surface area contributed by atoms with Crippen LogP contribution in [0.15, 0.2) is 36.4 Å². The molecule has 0 bridgehead atoms. The van der Waals surface area contributed by atoms with Crippen molar-refractivity contribution in [2.24, 2.45) is 0 Å². The van der Waals surface area contributed by atoms with E-state index in [4.69, 9.17) is 23.9 Å². The van der Waals surface area contributed by atoms with Gasteiger partial charge in [-0.2, -0.15) is 0 Å². The topological polar surface area (TPSA) is 49.8 Å². The average Bonchev–Trinajstić information content (AvgIpc) is 2.66. The summed E-state index contributed by atoms with van der Waals surface area (Å²) in [5.74, 6) is 2.75. The first-order valence-electron chi connectivity index (χ1n) is 7.87. The van der Waals surface area contributed by atoms with E-state index in [0.29, 0.717) is 23.0 Å². The average molecular weight is 339 g/mol. The van der Waals surface area contributed by atoms with Crippen molar-refractivity contribution in [1.82, 2.24) is 4.98 Å². The Balaban J connectivity index is 2.18. The Kier molecular flexibility index (Phi) is 4.65. The lowest BCUT2D eigenvalue weighted by atomic mass is 10.0. The third-order valence-electron chi connectivity index (χ3n) is 4.21. The van der Waals surface area contributed by atoms with Crippen molar-refractivity contribution in [1.29, 1.82) is 0 Å². The van der Waals surface area contributed by atoms with Crippen LogP contribution in [0.4, 0.5) is 0 Å². The van der Waals surface area contributed by atoms with Gasteiger partial charge in [0, 0.05) is 16.6 Å². The maximum Gasteiger partial charge on any atom is 0.161 e. The number of hydrogen-bond acceptors (Lipinski definition) is 5. The molecule has 0 aliphatic rings. The normalized spacial score (nSPS) is 10.6. The lowest BCUT2D eigenvalue weighted by molar-refractivity contribution is 0.355. The van der Waals surface area contributed by atoms with E-state index in [1.54, 1.807) is 28.4 Å². The number of hydrogen-bond donors (Lipinski definition) is 0. The second kappa shape index (κ2) is 6.89. The molecule has 3 rings (SSSR count). The van der Waals surface area contributed by atoms with Crippen molar-refractivity contribution >= 4 is 10.8 Å². The van der Waals surface area contributed by atoms with Gasteiger partial charge in [-0.15, -0.1) is 0 Å². The van der Waals surface area contributed by atoms with Crippen LogP contribution >= 0.6 is 0 Å². The molecule has 0 saturated heterocycles. The van der Waals surface area contributed by atoms with Gasteiger partial charge in [-0.3, -0.25) is 4.98 Å². The number of benzene rings is 2. The van der Waals surface area contributed by atoms with E-state index in [2.05, 4.69) is 0 Å². The second-order valence-corrected chi connectivity index (χ2v) is 5.59. The predicted molar refractivity (Wildman–Crippen MR) is 98.1 cm³/mol. The summed E-state index contributed by atoms with van der Waals surface area (Å²) < 4.78 is 21.5. The number of fused-ring (bicyclic) bond motifs is 1. The highest BCUT2D eigenvalue weighted by molar-refractivity contribution is 5.90. The molecule has 1 heterocycles. The van der Waals surface area contributed by atoms with Crippen LogP contribution in [-0.2, 0) is 0 Å². The first-order valence-corrected chi connectivity index (χ1v) is 7.87. The highest BCUT2D eigenvalue weighted by atomic mass is 16.5. The molecule has 0 aliphatic carbocycles. The zero-order valence-electron chi connectivity index (χ0n) is 15.0. The molecule has 5 heteroatoms. The molecule has 2 aromatic carbocycles. The number of rotatable bonds is 5. The van der Waals surface area contributed by atoms with Crippen LogP contribution in [0.1, 0.15) is 5.69 Å². The number of aryl methyl sites for hydroxylation is 1. The molecule has 0 N–H and O–H groups in total. The highest BCUT2D eigenvalue weighted by Crippen LogP contribution is 2.36. The van der Waals surface area contributed by atoms with E-state index in [-0.39, 0.29) is 0 Å². The van der Waals surface area contributed by atoms with Crippen molar-refractivity contribution in [3.05, 3.63) is 42.1 Å². The van der Waals surface area contributed by atoms with E-state index in [1.165, 1.54) is 0 Å². The monoisotopic (exact) mass is 339 g/mol. The largest absolute Gasteiger partial charge is 0.493 e. The molecule has 0 atom stereocenters. The van der Waals surface area contributed by atoms with Crippen LogP contribution in [0.5, 0.6) is 23.0 Å². The Hall–Kier alpha value is -2.95. The second-order valence-electron chi connectivity index (χ2n) is 5.59. The first kappa shape index (κ1) is 16.9. The standard InChI is InChI=1S/C20H21NO4/c1-12-15-11-20(25-5)19(24-4)10-14(15)8-16(21-12)13-6-7-17(22-2)18(9-13)23-3/h6-11H,1-5H3. The van der Waals surface area contributed by atoms with Crippen LogP contribution < -0.4 is 18.9 Å². The molecule has 5 nitrogen and oxygen atoms in total.